The van der Waals surface area contributed by atoms with Gasteiger partial charge in [0.15, 0.2) is 0 Å². The number of aliphatic hydroxyl groups is 1. The topological polar surface area (TPSA) is 41.3 Å². The Bertz CT molecular complexity index is 419. The zero-order valence-electron chi connectivity index (χ0n) is 11.4. The average Bonchev–Trinajstić information content (AvgIpc) is 2.84. The highest BCUT2D eigenvalue weighted by Gasteiger charge is 2.31. The van der Waals surface area contributed by atoms with Crippen LogP contribution < -0.4 is 0 Å². The number of aliphatic hydroxyl groups excluding tert-OH is 1. The maximum absolute atomic E-state index is 9.50. The van der Waals surface area contributed by atoms with E-state index < -0.39 is 0 Å². The quantitative estimate of drug-likeness (QED) is 0.923. The van der Waals surface area contributed by atoms with Crippen LogP contribution in [0.15, 0.2) is 4.47 Å². The summed E-state index contributed by atoms with van der Waals surface area (Å²) in [6, 6.07) is 0.289. The average molecular weight is 316 g/mol. The number of halogens is 1. The molecule has 2 rings (SSSR count). The third-order valence-electron chi connectivity index (χ3n) is 4.04. The standard InChI is InChI=1S/C13H22BrN3O/c1-4-10-13(14)11(16(3)15-10)7-17-6-5-9(2)12(17)8-18/h9,12,18H,4-8H2,1-3H3. The molecule has 2 unspecified atom stereocenters. The van der Waals surface area contributed by atoms with Gasteiger partial charge >= 0.3 is 0 Å². The molecule has 2 heterocycles. The number of hydrogen-bond acceptors (Lipinski definition) is 3. The minimum atomic E-state index is 0.247. The number of nitrogens with zero attached hydrogens (tertiary/aromatic N) is 3. The molecule has 102 valence electrons. The van der Waals surface area contributed by atoms with Crippen molar-refractivity contribution in [3.63, 3.8) is 0 Å². The zero-order valence-corrected chi connectivity index (χ0v) is 12.9. The molecule has 4 nitrogen and oxygen atoms in total. The Morgan fingerprint density at radius 3 is 2.78 bits per heavy atom. The van der Waals surface area contributed by atoms with E-state index in [1.165, 1.54) is 12.1 Å². The van der Waals surface area contributed by atoms with Crippen molar-refractivity contribution in [3.8, 4) is 0 Å². The van der Waals surface area contributed by atoms with E-state index in [-0.39, 0.29) is 12.6 Å². The van der Waals surface area contributed by atoms with E-state index in [0.29, 0.717) is 5.92 Å². The van der Waals surface area contributed by atoms with Gasteiger partial charge in [-0.1, -0.05) is 13.8 Å². The molecular formula is C13H22BrN3O. The first-order valence-electron chi connectivity index (χ1n) is 6.63. The minimum absolute atomic E-state index is 0.247. The van der Waals surface area contributed by atoms with Crippen LogP contribution in [0.1, 0.15) is 31.7 Å². The van der Waals surface area contributed by atoms with E-state index in [2.05, 4.69) is 39.8 Å². The van der Waals surface area contributed by atoms with Crippen molar-refractivity contribution in [1.82, 2.24) is 14.7 Å². The largest absolute Gasteiger partial charge is 0.395 e. The van der Waals surface area contributed by atoms with Crippen molar-refractivity contribution in [1.29, 1.82) is 0 Å². The molecule has 1 fully saturated rings. The van der Waals surface area contributed by atoms with Crippen molar-refractivity contribution in [2.24, 2.45) is 13.0 Å². The lowest BCUT2D eigenvalue weighted by Gasteiger charge is -2.25. The van der Waals surface area contributed by atoms with Gasteiger partial charge in [0.2, 0.25) is 0 Å². The minimum Gasteiger partial charge on any atom is -0.395 e. The molecule has 5 heteroatoms. The predicted molar refractivity (Wildman–Crippen MR) is 75.4 cm³/mol. The number of aromatic nitrogens is 2. The number of rotatable bonds is 4. The van der Waals surface area contributed by atoms with Crippen LogP contribution in [0.2, 0.25) is 0 Å². The number of aryl methyl sites for hydroxylation is 2. The Balaban J connectivity index is 2.17. The molecule has 0 spiro atoms. The van der Waals surface area contributed by atoms with E-state index in [0.717, 1.165) is 29.7 Å². The lowest BCUT2D eigenvalue weighted by atomic mass is 10.0. The fraction of sp³-hybridized carbons (Fsp3) is 0.769. The summed E-state index contributed by atoms with van der Waals surface area (Å²) < 4.78 is 3.09. The van der Waals surface area contributed by atoms with Gasteiger partial charge in [-0.2, -0.15) is 5.10 Å². The first-order chi connectivity index (χ1) is 8.58. The molecule has 0 bridgehead atoms. The maximum Gasteiger partial charge on any atom is 0.0767 e. The van der Waals surface area contributed by atoms with Gasteiger partial charge in [-0.05, 0) is 41.2 Å². The van der Waals surface area contributed by atoms with Gasteiger partial charge in [0.05, 0.1) is 22.5 Å². The molecule has 0 aliphatic carbocycles. The summed E-state index contributed by atoms with van der Waals surface area (Å²) in [6.45, 7) is 6.50. The van der Waals surface area contributed by atoms with Gasteiger partial charge in [-0.15, -0.1) is 0 Å². The summed E-state index contributed by atoms with van der Waals surface area (Å²) in [4.78, 5) is 2.37. The smallest absolute Gasteiger partial charge is 0.0767 e. The van der Waals surface area contributed by atoms with Gasteiger partial charge in [0.1, 0.15) is 0 Å². The zero-order chi connectivity index (χ0) is 13.3. The second-order valence-electron chi connectivity index (χ2n) is 5.17. The Morgan fingerprint density at radius 1 is 1.50 bits per heavy atom. The summed E-state index contributed by atoms with van der Waals surface area (Å²) in [5.74, 6) is 0.577. The second kappa shape index (κ2) is 5.72. The fourth-order valence-electron chi connectivity index (χ4n) is 2.76. The van der Waals surface area contributed by atoms with Gasteiger partial charge in [-0.3, -0.25) is 9.58 Å². The van der Waals surface area contributed by atoms with Crippen molar-refractivity contribution in [3.05, 3.63) is 15.9 Å². The molecule has 1 aromatic rings. The second-order valence-corrected chi connectivity index (χ2v) is 5.96. The van der Waals surface area contributed by atoms with Crippen LogP contribution in [0, 0.1) is 5.92 Å². The van der Waals surface area contributed by atoms with E-state index in [1.54, 1.807) is 0 Å². The Kier molecular flexibility index (Phi) is 4.45. The first-order valence-corrected chi connectivity index (χ1v) is 7.42. The summed E-state index contributed by atoms with van der Waals surface area (Å²) in [6.07, 6.45) is 2.11. The third kappa shape index (κ3) is 2.49. The van der Waals surface area contributed by atoms with E-state index >= 15 is 0 Å². The van der Waals surface area contributed by atoms with Crippen molar-refractivity contribution in [2.45, 2.75) is 39.3 Å². The molecule has 18 heavy (non-hydrogen) atoms. The van der Waals surface area contributed by atoms with E-state index in [1.807, 2.05) is 11.7 Å². The molecular weight excluding hydrogens is 294 g/mol. The number of likely N-dealkylation sites (tertiary alicyclic amines) is 1. The summed E-state index contributed by atoms with van der Waals surface area (Å²) >= 11 is 3.65. The molecule has 0 saturated carbocycles. The first kappa shape index (κ1) is 14.0. The van der Waals surface area contributed by atoms with Gasteiger partial charge < -0.3 is 5.11 Å². The fourth-order valence-corrected chi connectivity index (χ4v) is 3.50. The monoisotopic (exact) mass is 315 g/mol. The van der Waals surface area contributed by atoms with Crippen molar-refractivity contribution >= 4 is 15.9 Å². The summed E-state index contributed by atoms with van der Waals surface area (Å²) in [5, 5.41) is 14.0. The van der Waals surface area contributed by atoms with Crippen molar-refractivity contribution in [2.75, 3.05) is 13.2 Å². The lowest BCUT2D eigenvalue weighted by molar-refractivity contribution is 0.132. The molecule has 0 radical (unpaired) electrons. The van der Waals surface area contributed by atoms with Crippen molar-refractivity contribution < 1.29 is 5.11 Å². The highest BCUT2D eigenvalue weighted by atomic mass is 79.9. The molecule has 1 aliphatic rings. The Hall–Kier alpha value is -0.390. The maximum atomic E-state index is 9.50. The number of hydrogen-bond donors (Lipinski definition) is 1. The third-order valence-corrected chi connectivity index (χ3v) is 4.96. The molecule has 0 aromatic carbocycles. The van der Waals surface area contributed by atoms with E-state index in [4.69, 9.17) is 0 Å². The molecule has 1 aromatic heterocycles. The molecule has 1 N–H and O–H groups in total. The molecule has 0 amide bonds. The predicted octanol–water partition coefficient (Wildman–Crippen LogP) is 1.95. The highest BCUT2D eigenvalue weighted by molar-refractivity contribution is 9.10. The van der Waals surface area contributed by atoms with Gasteiger partial charge in [0, 0.05) is 19.6 Å². The Labute approximate surface area is 117 Å². The Morgan fingerprint density at radius 2 is 2.22 bits per heavy atom. The summed E-state index contributed by atoms with van der Waals surface area (Å²) in [5.41, 5.74) is 2.32. The van der Waals surface area contributed by atoms with Crippen LogP contribution in [-0.2, 0) is 20.0 Å². The highest BCUT2D eigenvalue weighted by Crippen LogP contribution is 2.28. The molecule has 2 atom stereocenters. The van der Waals surface area contributed by atoms with Gasteiger partial charge in [-0.25, -0.2) is 0 Å². The van der Waals surface area contributed by atoms with Crippen LogP contribution in [0.25, 0.3) is 0 Å². The SMILES string of the molecule is CCc1nn(C)c(CN2CCC(C)C2CO)c1Br. The van der Waals surface area contributed by atoms with Crippen LogP contribution in [-0.4, -0.2) is 39.0 Å². The normalized spacial score (nSPS) is 24.9. The van der Waals surface area contributed by atoms with Crippen LogP contribution in [0.3, 0.4) is 0 Å². The van der Waals surface area contributed by atoms with Gasteiger partial charge in [0.25, 0.3) is 0 Å². The molecule has 1 saturated heterocycles. The summed E-state index contributed by atoms with van der Waals surface area (Å²) in [7, 11) is 1.99. The van der Waals surface area contributed by atoms with Crippen LogP contribution >= 0.6 is 15.9 Å². The van der Waals surface area contributed by atoms with Crippen LogP contribution in [0.5, 0.6) is 0 Å². The van der Waals surface area contributed by atoms with Crippen LogP contribution in [0.4, 0.5) is 0 Å². The lowest BCUT2D eigenvalue weighted by Crippen LogP contribution is -2.35. The van der Waals surface area contributed by atoms with E-state index in [9.17, 15) is 5.11 Å². The molecule has 1 aliphatic heterocycles.